The first-order valence-corrected chi connectivity index (χ1v) is 3.78. The molecule has 62 valence electrons. The van der Waals surface area contributed by atoms with Gasteiger partial charge < -0.3 is 0 Å². The molecule has 0 aliphatic carbocycles. The summed E-state index contributed by atoms with van der Waals surface area (Å²) < 4.78 is 23.5. The molecule has 0 amide bonds. The van der Waals surface area contributed by atoms with Crippen LogP contribution < -0.4 is 0 Å². The second kappa shape index (κ2) is 2.45. The van der Waals surface area contributed by atoms with Gasteiger partial charge in [-0.2, -0.15) is 0 Å². The van der Waals surface area contributed by atoms with E-state index in [2.05, 4.69) is 9.97 Å². The number of aryl methyl sites for hydroxylation is 2. The van der Waals surface area contributed by atoms with Gasteiger partial charge in [0.25, 0.3) is 0 Å². The zero-order chi connectivity index (χ0) is 11.2. The molecule has 0 fully saturated rings. The highest BCUT2D eigenvalue weighted by Crippen LogP contribution is 2.16. The maximum Gasteiger partial charge on any atom is 0.154 e. The summed E-state index contributed by atoms with van der Waals surface area (Å²) in [6.07, 6.45) is 2.94. The summed E-state index contributed by atoms with van der Waals surface area (Å²) in [5.41, 5.74) is 1.21. The van der Waals surface area contributed by atoms with E-state index in [1.54, 1.807) is 6.92 Å². The molecule has 0 N–H and O–H groups in total. The van der Waals surface area contributed by atoms with Gasteiger partial charge >= 0.3 is 0 Å². The van der Waals surface area contributed by atoms with Crippen molar-refractivity contribution in [2.75, 3.05) is 0 Å². The minimum atomic E-state index is -2.25. The van der Waals surface area contributed by atoms with Crippen LogP contribution in [0.2, 0.25) is 5.15 Å². The third kappa shape index (κ3) is 0.898. The van der Waals surface area contributed by atoms with Gasteiger partial charge in [-0.25, -0.2) is 9.97 Å². The molecule has 3 nitrogen and oxygen atoms in total. The summed E-state index contributed by atoms with van der Waals surface area (Å²) in [5.74, 6) is 0.0132. The number of hydrogen-bond donors (Lipinski definition) is 0. The number of hydrogen-bond acceptors (Lipinski definition) is 2. The van der Waals surface area contributed by atoms with Gasteiger partial charge in [0, 0.05) is 16.0 Å². The van der Waals surface area contributed by atoms with Crippen LogP contribution in [0.4, 0.5) is 0 Å². The van der Waals surface area contributed by atoms with E-state index in [4.69, 9.17) is 15.7 Å². The summed E-state index contributed by atoms with van der Waals surface area (Å²) in [4.78, 5) is 7.79. The molecule has 0 aliphatic rings. The van der Waals surface area contributed by atoms with Crippen molar-refractivity contribution in [2.24, 2.45) is 0 Å². The summed E-state index contributed by atoms with van der Waals surface area (Å²) in [7, 11) is 0. The molecule has 0 bridgehead atoms. The average Bonchev–Trinajstić information content (AvgIpc) is 2.55. The highest BCUT2D eigenvalue weighted by molar-refractivity contribution is 6.32. The van der Waals surface area contributed by atoms with Crippen LogP contribution in [0.25, 0.3) is 5.52 Å². The maximum absolute atomic E-state index is 7.33. The molecule has 0 saturated heterocycles. The van der Waals surface area contributed by atoms with E-state index >= 15 is 0 Å². The van der Waals surface area contributed by atoms with E-state index in [1.165, 1.54) is 16.8 Å². The summed E-state index contributed by atoms with van der Waals surface area (Å²) in [5, 5.41) is 0.253. The van der Waals surface area contributed by atoms with E-state index in [0.29, 0.717) is 11.2 Å². The molecular formula is C8H8ClN3. The van der Waals surface area contributed by atoms with E-state index in [0.717, 1.165) is 0 Å². The zero-order valence-electron chi connectivity index (χ0n) is 9.37. The second-order valence-corrected chi connectivity index (χ2v) is 2.85. The number of aromatic nitrogens is 3. The van der Waals surface area contributed by atoms with Crippen molar-refractivity contribution in [3.63, 3.8) is 0 Å². The number of imidazole rings is 1. The average molecular weight is 185 g/mol. The van der Waals surface area contributed by atoms with Crippen LogP contribution >= 0.6 is 11.6 Å². The van der Waals surface area contributed by atoms with Gasteiger partial charge in [-0.1, -0.05) is 11.6 Å². The predicted molar refractivity (Wildman–Crippen MR) is 47.5 cm³/mol. The van der Waals surface area contributed by atoms with Crippen molar-refractivity contribution >= 4 is 17.1 Å². The molecule has 2 rings (SSSR count). The van der Waals surface area contributed by atoms with Crippen LogP contribution in [0.1, 0.15) is 15.6 Å². The van der Waals surface area contributed by atoms with Crippen LogP contribution in [0.15, 0.2) is 12.4 Å². The summed E-state index contributed by atoms with van der Waals surface area (Å²) >= 11 is 5.84. The molecule has 0 aliphatic heterocycles. The monoisotopic (exact) mass is 184 g/mol. The Bertz CT molecular complexity index is 518. The molecule has 0 radical (unpaired) electrons. The van der Waals surface area contributed by atoms with Crippen LogP contribution in [-0.2, 0) is 0 Å². The van der Waals surface area contributed by atoms with Crippen molar-refractivity contribution in [3.8, 4) is 0 Å². The predicted octanol–water partition coefficient (Wildman–Crippen LogP) is 2.00. The second-order valence-electron chi connectivity index (χ2n) is 2.49. The first kappa shape index (κ1) is 4.82. The highest BCUT2D eigenvalue weighted by Gasteiger charge is 2.05. The largest absolute Gasteiger partial charge is 0.297 e. The Hall–Kier alpha value is -1.09. The Morgan fingerprint density at radius 3 is 3.08 bits per heavy atom. The molecule has 0 unspecified atom stereocenters. The summed E-state index contributed by atoms with van der Waals surface area (Å²) in [6.45, 7) is -0.491. The van der Waals surface area contributed by atoms with Gasteiger partial charge in [-0.05, 0) is 13.8 Å². The molecule has 0 spiro atoms. The Kier molecular flexibility index (Phi) is 0.985. The quantitative estimate of drug-likeness (QED) is 0.627. The van der Waals surface area contributed by atoms with Crippen molar-refractivity contribution in [2.45, 2.75) is 13.8 Å². The fourth-order valence-electron chi connectivity index (χ4n) is 1.13. The first-order chi connectivity index (χ1) is 6.91. The van der Waals surface area contributed by atoms with Gasteiger partial charge in [0.2, 0.25) is 0 Å². The standard InChI is InChI=1S/C8H8ClN3/c1-5-3-11-8(9)7-4-10-6(2)12(5)7/h3-4H,1-2H3/i2D3. The van der Waals surface area contributed by atoms with Gasteiger partial charge in [0.1, 0.15) is 11.3 Å². The minimum Gasteiger partial charge on any atom is -0.297 e. The van der Waals surface area contributed by atoms with Crippen molar-refractivity contribution in [1.82, 2.24) is 14.4 Å². The number of rotatable bonds is 0. The van der Waals surface area contributed by atoms with Crippen LogP contribution in [-0.4, -0.2) is 14.4 Å². The fraction of sp³-hybridized carbons (Fsp3) is 0.250. The molecule has 2 heterocycles. The molecule has 0 saturated carbocycles. The Morgan fingerprint density at radius 1 is 1.50 bits per heavy atom. The van der Waals surface area contributed by atoms with Gasteiger partial charge in [0.05, 0.1) is 6.20 Å². The topological polar surface area (TPSA) is 30.2 Å². The van der Waals surface area contributed by atoms with Gasteiger partial charge in [0.15, 0.2) is 5.15 Å². The molecule has 2 aromatic heterocycles. The first-order valence-electron chi connectivity index (χ1n) is 4.90. The molecular weight excluding hydrogens is 174 g/mol. The SMILES string of the molecule is [2H]C([2H])([2H])c1ncc2c(Cl)ncc(C)n12. The molecule has 0 atom stereocenters. The lowest BCUT2D eigenvalue weighted by Crippen LogP contribution is -1.95. The van der Waals surface area contributed by atoms with Crippen LogP contribution in [0.3, 0.4) is 0 Å². The van der Waals surface area contributed by atoms with Gasteiger partial charge in [-0.15, -0.1) is 0 Å². The highest BCUT2D eigenvalue weighted by atomic mass is 35.5. The normalized spacial score (nSPS) is 15.7. The Labute approximate surface area is 79.2 Å². The van der Waals surface area contributed by atoms with E-state index in [1.807, 2.05) is 0 Å². The molecule has 4 heteroatoms. The van der Waals surface area contributed by atoms with Crippen molar-refractivity contribution in [3.05, 3.63) is 29.1 Å². The number of halogens is 1. The van der Waals surface area contributed by atoms with Crippen LogP contribution in [0, 0.1) is 13.8 Å². The van der Waals surface area contributed by atoms with Crippen molar-refractivity contribution in [1.29, 1.82) is 0 Å². The number of fused-ring (bicyclic) bond motifs is 1. The third-order valence-electron chi connectivity index (χ3n) is 1.69. The lowest BCUT2D eigenvalue weighted by atomic mass is 10.4. The number of nitrogens with zero attached hydrogens (tertiary/aromatic N) is 3. The fourth-order valence-corrected chi connectivity index (χ4v) is 1.31. The van der Waals surface area contributed by atoms with E-state index < -0.39 is 6.85 Å². The van der Waals surface area contributed by atoms with E-state index in [-0.39, 0.29) is 11.0 Å². The Morgan fingerprint density at radius 2 is 2.33 bits per heavy atom. The zero-order valence-corrected chi connectivity index (χ0v) is 7.13. The minimum absolute atomic E-state index is 0.0132. The van der Waals surface area contributed by atoms with Gasteiger partial charge in [-0.3, -0.25) is 4.40 Å². The van der Waals surface area contributed by atoms with E-state index in [9.17, 15) is 0 Å². The lowest BCUT2D eigenvalue weighted by molar-refractivity contribution is 0.975. The van der Waals surface area contributed by atoms with Crippen molar-refractivity contribution < 1.29 is 4.11 Å². The molecule has 2 aromatic rings. The third-order valence-corrected chi connectivity index (χ3v) is 1.98. The Balaban J connectivity index is 2.85. The molecule has 12 heavy (non-hydrogen) atoms. The summed E-state index contributed by atoms with van der Waals surface area (Å²) in [6, 6.07) is 0. The van der Waals surface area contributed by atoms with Crippen LogP contribution in [0.5, 0.6) is 0 Å². The lowest BCUT2D eigenvalue weighted by Gasteiger charge is -2.01. The maximum atomic E-state index is 7.33. The molecule has 0 aromatic carbocycles. The smallest absolute Gasteiger partial charge is 0.154 e.